The Balaban J connectivity index is 2.18. The van der Waals surface area contributed by atoms with Crippen molar-refractivity contribution in [2.45, 2.75) is 25.3 Å². The summed E-state index contributed by atoms with van der Waals surface area (Å²) in [6.45, 7) is 0. The zero-order valence-electron chi connectivity index (χ0n) is 6.89. The molecule has 0 aromatic carbocycles. The summed E-state index contributed by atoms with van der Waals surface area (Å²) in [5.41, 5.74) is 0. The number of hydrogen-bond donors (Lipinski definition) is 0. The van der Waals surface area contributed by atoms with Crippen LogP contribution in [-0.2, 0) is 4.79 Å². The second-order valence-electron chi connectivity index (χ2n) is 3.31. The summed E-state index contributed by atoms with van der Waals surface area (Å²) in [5, 5.41) is 0. The summed E-state index contributed by atoms with van der Waals surface area (Å²) in [4.78, 5) is 14.7. The fourth-order valence-corrected chi connectivity index (χ4v) is 1.96. The topological polar surface area (TPSA) is 34.9 Å². The van der Waals surface area contributed by atoms with E-state index in [0.29, 0.717) is 6.04 Å². The van der Waals surface area contributed by atoms with Gasteiger partial charge in [0.05, 0.1) is 6.33 Å². The summed E-state index contributed by atoms with van der Waals surface area (Å²) in [6, 6.07) is 0.366. The molecule has 0 bridgehead atoms. The zero-order valence-corrected chi connectivity index (χ0v) is 6.89. The maximum absolute atomic E-state index is 10.7. The molecule has 0 saturated heterocycles. The van der Waals surface area contributed by atoms with E-state index >= 15 is 0 Å². The van der Waals surface area contributed by atoms with Gasteiger partial charge in [-0.1, -0.05) is 6.42 Å². The lowest BCUT2D eigenvalue weighted by Crippen LogP contribution is -2.13. The second kappa shape index (κ2) is 3.09. The van der Waals surface area contributed by atoms with Gasteiger partial charge in [-0.3, -0.25) is 0 Å². The van der Waals surface area contributed by atoms with Crippen LogP contribution in [0.15, 0.2) is 18.7 Å². The van der Waals surface area contributed by atoms with Crippen LogP contribution in [0.3, 0.4) is 0 Å². The van der Waals surface area contributed by atoms with Crippen molar-refractivity contribution < 1.29 is 4.79 Å². The number of aromatic nitrogens is 2. The van der Waals surface area contributed by atoms with Gasteiger partial charge in [-0.05, 0) is 12.8 Å². The fraction of sp³-hybridized carbons (Fsp3) is 0.556. The third-order valence-corrected chi connectivity index (χ3v) is 2.61. The maximum atomic E-state index is 10.7. The molecule has 0 amide bonds. The summed E-state index contributed by atoms with van der Waals surface area (Å²) in [6.07, 6.45) is 9.88. The molecule has 12 heavy (non-hydrogen) atoms. The first-order valence-electron chi connectivity index (χ1n) is 4.34. The average molecular weight is 164 g/mol. The van der Waals surface area contributed by atoms with Crippen molar-refractivity contribution in [2.24, 2.45) is 5.92 Å². The monoisotopic (exact) mass is 164 g/mol. The van der Waals surface area contributed by atoms with E-state index in [2.05, 4.69) is 4.98 Å². The summed E-state index contributed by atoms with van der Waals surface area (Å²) >= 11 is 0. The maximum Gasteiger partial charge on any atom is 0.125 e. The van der Waals surface area contributed by atoms with E-state index in [9.17, 15) is 4.79 Å². The van der Waals surface area contributed by atoms with E-state index in [1.165, 1.54) is 0 Å². The zero-order chi connectivity index (χ0) is 8.39. The summed E-state index contributed by atoms with van der Waals surface area (Å²) in [5.74, 6) is 0.208. The van der Waals surface area contributed by atoms with E-state index in [-0.39, 0.29) is 5.92 Å². The minimum atomic E-state index is 0.208. The quantitative estimate of drug-likeness (QED) is 0.620. The first-order valence-corrected chi connectivity index (χ1v) is 4.34. The standard InChI is InChI=1S/C9H12N2O/c12-6-8-2-1-3-9(8)11-5-4-10-7-11/h4-9H,1-3H2. The molecule has 1 fully saturated rings. The van der Waals surface area contributed by atoms with Crippen LogP contribution in [0.5, 0.6) is 0 Å². The molecule has 2 unspecified atom stereocenters. The highest BCUT2D eigenvalue weighted by Gasteiger charge is 2.27. The van der Waals surface area contributed by atoms with E-state index < -0.39 is 0 Å². The number of rotatable bonds is 2. The number of aldehydes is 1. The van der Waals surface area contributed by atoms with Crippen LogP contribution in [0.4, 0.5) is 0 Å². The smallest absolute Gasteiger partial charge is 0.125 e. The molecule has 0 spiro atoms. The van der Waals surface area contributed by atoms with Crippen LogP contribution >= 0.6 is 0 Å². The van der Waals surface area contributed by atoms with Gasteiger partial charge in [0.2, 0.25) is 0 Å². The van der Waals surface area contributed by atoms with Gasteiger partial charge in [0.1, 0.15) is 6.29 Å². The van der Waals surface area contributed by atoms with Crippen LogP contribution in [0.25, 0.3) is 0 Å². The van der Waals surface area contributed by atoms with Gasteiger partial charge in [0.15, 0.2) is 0 Å². The number of carbonyl (C=O) groups is 1. The Bertz CT molecular complexity index is 256. The molecule has 1 aromatic heterocycles. The molecule has 0 aliphatic heterocycles. The number of imidazole rings is 1. The highest BCUT2D eigenvalue weighted by atomic mass is 16.1. The first kappa shape index (κ1) is 7.53. The van der Waals surface area contributed by atoms with Crippen LogP contribution < -0.4 is 0 Å². The van der Waals surface area contributed by atoms with Crippen LogP contribution in [0.2, 0.25) is 0 Å². The van der Waals surface area contributed by atoms with Crippen molar-refractivity contribution in [2.75, 3.05) is 0 Å². The van der Waals surface area contributed by atoms with Gasteiger partial charge < -0.3 is 9.36 Å². The molecule has 1 saturated carbocycles. The lowest BCUT2D eigenvalue weighted by atomic mass is 10.1. The molecular formula is C9H12N2O. The Kier molecular flexibility index (Phi) is 1.94. The second-order valence-corrected chi connectivity index (χ2v) is 3.31. The molecule has 3 nitrogen and oxygen atoms in total. The molecule has 1 aliphatic rings. The molecule has 0 radical (unpaired) electrons. The Morgan fingerprint density at radius 2 is 2.42 bits per heavy atom. The van der Waals surface area contributed by atoms with Gasteiger partial charge in [-0.25, -0.2) is 4.98 Å². The predicted octanol–water partition coefficient (Wildman–Crippen LogP) is 1.42. The largest absolute Gasteiger partial charge is 0.334 e. The summed E-state index contributed by atoms with van der Waals surface area (Å²) < 4.78 is 2.05. The van der Waals surface area contributed by atoms with Crippen LogP contribution in [-0.4, -0.2) is 15.8 Å². The highest BCUT2D eigenvalue weighted by Crippen LogP contribution is 2.33. The lowest BCUT2D eigenvalue weighted by molar-refractivity contribution is -0.111. The van der Waals surface area contributed by atoms with Gasteiger partial charge in [0.25, 0.3) is 0 Å². The van der Waals surface area contributed by atoms with Crippen molar-refractivity contribution in [3.63, 3.8) is 0 Å². The van der Waals surface area contributed by atoms with Crippen LogP contribution in [0.1, 0.15) is 25.3 Å². The van der Waals surface area contributed by atoms with Crippen molar-refractivity contribution in [1.82, 2.24) is 9.55 Å². The van der Waals surface area contributed by atoms with E-state index in [1.807, 2.05) is 10.8 Å². The Morgan fingerprint density at radius 1 is 1.50 bits per heavy atom. The molecule has 1 heterocycles. The Labute approximate surface area is 71.4 Å². The number of hydrogen-bond acceptors (Lipinski definition) is 2. The third kappa shape index (κ3) is 1.15. The minimum Gasteiger partial charge on any atom is -0.334 e. The third-order valence-electron chi connectivity index (χ3n) is 2.61. The number of nitrogens with zero attached hydrogens (tertiary/aromatic N) is 2. The average Bonchev–Trinajstić information content (AvgIpc) is 2.74. The molecule has 2 atom stereocenters. The van der Waals surface area contributed by atoms with Gasteiger partial charge in [-0.2, -0.15) is 0 Å². The van der Waals surface area contributed by atoms with Gasteiger partial charge >= 0.3 is 0 Å². The molecule has 64 valence electrons. The SMILES string of the molecule is O=CC1CCCC1n1ccnc1. The van der Waals surface area contributed by atoms with E-state index in [1.54, 1.807) is 12.5 Å². The van der Waals surface area contributed by atoms with Crippen LogP contribution in [0, 0.1) is 5.92 Å². The van der Waals surface area contributed by atoms with Crippen molar-refractivity contribution in [3.05, 3.63) is 18.7 Å². The van der Waals surface area contributed by atoms with Gasteiger partial charge in [-0.15, -0.1) is 0 Å². The Morgan fingerprint density at radius 3 is 3.08 bits per heavy atom. The van der Waals surface area contributed by atoms with E-state index in [4.69, 9.17) is 0 Å². The highest BCUT2D eigenvalue weighted by molar-refractivity contribution is 5.55. The Hall–Kier alpha value is -1.12. The molecule has 1 aliphatic carbocycles. The number of carbonyl (C=O) groups excluding carboxylic acids is 1. The summed E-state index contributed by atoms with van der Waals surface area (Å²) in [7, 11) is 0. The van der Waals surface area contributed by atoms with E-state index in [0.717, 1.165) is 25.5 Å². The van der Waals surface area contributed by atoms with Crippen molar-refractivity contribution in [1.29, 1.82) is 0 Å². The molecule has 1 aromatic rings. The van der Waals surface area contributed by atoms with Crippen molar-refractivity contribution >= 4 is 6.29 Å². The molecule has 2 rings (SSSR count). The lowest BCUT2D eigenvalue weighted by Gasteiger charge is -2.14. The molecule has 3 heteroatoms. The van der Waals surface area contributed by atoms with Crippen molar-refractivity contribution in [3.8, 4) is 0 Å². The molecular weight excluding hydrogens is 152 g/mol. The predicted molar refractivity (Wildman–Crippen MR) is 44.7 cm³/mol. The minimum absolute atomic E-state index is 0.208. The fourth-order valence-electron chi connectivity index (χ4n) is 1.96. The first-order chi connectivity index (χ1) is 5.92. The van der Waals surface area contributed by atoms with Gasteiger partial charge in [0, 0.05) is 24.4 Å². The normalized spacial score (nSPS) is 29.0. The molecule has 0 N–H and O–H groups in total.